The summed E-state index contributed by atoms with van der Waals surface area (Å²) < 4.78 is 0. The van der Waals surface area contributed by atoms with E-state index in [2.05, 4.69) is 10.6 Å². The number of halogens is 2. The van der Waals surface area contributed by atoms with Gasteiger partial charge < -0.3 is 10.6 Å². The van der Waals surface area contributed by atoms with Gasteiger partial charge >= 0.3 is 0 Å². The highest BCUT2D eigenvalue weighted by molar-refractivity contribution is 6.35. The van der Waals surface area contributed by atoms with Gasteiger partial charge in [-0.15, -0.1) is 0 Å². The summed E-state index contributed by atoms with van der Waals surface area (Å²) in [5, 5.41) is 6.77. The fraction of sp³-hybridized carbons (Fsp3) is 0.300. The largest absolute Gasteiger partial charge is 0.352 e. The molecule has 4 nitrogen and oxygen atoms in total. The zero-order chi connectivity index (χ0) is 19.1. The van der Waals surface area contributed by atoms with Gasteiger partial charge in [0.2, 0.25) is 5.91 Å². The van der Waals surface area contributed by atoms with Gasteiger partial charge in [0.05, 0.1) is 11.3 Å². The lowest BCUT2D eigenvalue weighted by Crippen LogP contribution is -2.28. The molecular weight excluding hydrogens is 371 g/mol. The number of nitrogens with one attached hydrogen (secondary N) is 2. The second-order valence-electron chi connectivity index (χ2n) is 6.43. The van der Waals surface area contributed by atoms with E-state index >= 15 is 0 Å². The normalized spacial score (nSPS) is 10.7. The summed E-state index contributed by atoms with van der Waals surface area (Å²) in [7, 11) is 0. The van der Waals surface area contributed by atoms with Crippen LogP contribution in [0.25, 0.3) is 0 Å². The van der Waals surface area contributed by atoms with Gasteiger partial charge in [-0.2, -0.15) is 0 Å². The van der Waals surface area contributed by atoms with E-state index in [1.807, 2.05) is 19.9 Å². The molecule has 2 N–H and O–H groups in total. The number of hydrogen-bond donors (Lipinski definition) is 2. The molecule has 0 spiro atoms. The predicted molar refractivity (Wildman–Crippen MR) is 107 cm³/mol. The van der Waals surface area contributed by atoms with Crippen molar-refractivity contribution in [2.75, 3.05) is 11.9 Å². The Morgan fingerprint density at radius 3 is 2.50 bits per heavy atom. The lowest BCUT2D eigenvalue weighted by Gasteiger charge is -2.12. The van der Waals surface area contributed by atoms with Crippen molar-refractivity contribution in [3.05, 3.63) is 63.6 Å². The number of benzene rings is 2. The molecule has 2 rings (SSSR count). The second kappa shape index (κ2) is 9.60. The molecule has 0 saturated carbocycles. The second-order valence-corrected chi connectivity index (χ2v) is 7.28. The summed E-state index contributed by atoms with van der Waals surface area (Å²) in [6, 6.07) is 12.2. The summed E-state index contributed by atoms with van der Waals surface area (Å²) in [5.74, 6) is -0.0275. The number of para-hydroxylation sites is 1. The van der Waals surface area contributed by atoms with E-state index in [-0.39, 0.29) is 18.2 Å². The van der Waals surface area contributed by atoms with Crippen LogP contribution in [0.4, 0.5) is 5.69 Å². The average Bonchev–Trinajstić information content (AvgIpc) is 2.59. The Labute approximate surface area is 163 Å². The molecule has 26 heavy (non-hydrogen) atoms. The zero-order valence-corrected chi connectivity index (χ0v) is 16.3. The van der Waals surface area contributed by atoms with E-state index in [1.54, 1.807) is 36.4 Å². The lowest BCUT2D eigenvalue weighted by molar-refractivity contribution is -0.116. The number of carbonyl (C=O) groups excluding carboxylic acids is 2. The summed E-state index contributed by atoms with van der Waals surface area (Å²) in [6.07, 6.45) is 0.743. The first-order valence-electron chi connectivity index (χ1n) is 8.48. The van der Waals surface area contributed by atoms with E-state index in [4.69, 9.17) is 23.2 Å². The molecule has 138 valence electrons. The van der Waals surface area contributed by atoms with Crippen LogP contribution in [0.2, 0.25) is 10.0 Å². The molecule has 0 aliphatic rings. The summed E-state index contributed by atoms with van der Waals surface area (Å²) in [6.45, 7) is 4.63. The first-order valence-corrected chi connectivity index (χ1v) is 9.23. The van der Waals surface area contributed by atoms with Crippen molar-refractivity contribution in [1.29, 1.82) is 0 Å². The highest BCUT2D eigenvalue weighted by Crippen LogP contribution is 2.22. The fourth-order valence-electron chi connectivity index (χ4n) is 2.37. The quantitative estimate of drug-likeness (QED) is 0.699. The van der Waals surface area contributed by atoms with Crippen LogP contribution in [0.15, 0.2) is 42.5 Å². The standard InChI is InChI=1S/C20H22Cl2N2O2/c1-13(2)12-23-20(26)16-5-3-4-6-18(16)24-19(25)10-8-14-7-9-15(21)11-17(14)22/h3-7,9,11,13H,8,10,12H2,1-2H3,(H,23,26)(H,24,25). The molecule has 0 radical (unpaired) electrons. The van der Waals surface area contributed by atoms with E-state index in [9.17, 15) is 9.59 Å². The molecular formula is C20H22Cl2N2O2. The minimum atomic E-state index is -0.199. The van der Waals surface area contributed by atoms with Crippen LogP contribution in [0.1, 0.15) is 36.2 Å². The van der Waals surface area contributed by atoms with Gasteiger partial charge in [0.1, 0.15) is 0 Å². The fourth-order valence-corrected chi connectivity index (χ4v) is 2.87. The van der Waals surface area contributed by atoms with E-state index in [1.165, 1.54) is 0 Å². The Hall–Kier alpha value is -2.04. The van der Waals surface area contributed by atoms with Crippen LogP contribution < -0.4 is 10.6 Å². The van der Waals surface area contributed by atoms with Crippen LogP contribution in [0.3, 0.4) is 0 Å². The summed E-state index contributed by atoms with van der Waals surface area (Å²) in [5.41, 5.74) is 1.81. The first-order chi connectivity index (χ1) is 12.4. The molecule has 0 heterocycles. The third-order valence-electron chi connectivity index (χ3n) is 3.75. The Bertz CT molecular complexity index is 791. The van der Waals surface area contributed by atoms with E-state index in [0.29, 0.717) is 40.2 Å². The monoisotopic (exact) mass is 392 g/mol. The molecule has 0 saturated heterocycles. The van der Waals surface area contributed by atoms with Gasteiger partial charge in [-0.05, 0) is 42.2 Å². The van der Waals surface area contributed by atoms with Gasteiger partial charge in [-0.25, -0.2) is 0 Å². The maximum absolute atomic E-state index is 12.3. The van der Waals surface area contributed by atoms with Crippen molar-refractivity contribution in [3.8, 4) is 0 Å². The van der Waals surface area contributed by atoms with Gasteiger partial charge in [-0.1, -0.05) is 55.2 Å². The maximum atomic E-state index is 12.3. The van der Waals surface area contributed by atoms with Gasteiger partial charge in [-0.3, -0.25) is 9.59 Å². The lowest BCUT2D eigenvalue weighted by atomic mass is 10.1. The SMILES string of the molecule is CC(C)CNC(=O)c1ccccc1NC(=O)CCc1ccc(Cl)cc1Cl. The Kier molecular flexibility index (Phi) is 7.49. The average molecular weight is 393 g/mol. The maximum Gasteiger partial charge on any atom is 0.253 e. The van der Waals surface area contributed by atoms with Crippen molar-refractivity contribution >= 4 is 40.7 Å². The van der Waals surface area contributed by atoms with Crippen LogP contribution in [-0.2, 0) is 11.2 Å². The molecule has 2 amide bonds. The van der Waals surface area contributed by atoms with Crippen molar-refractivity contribution in [1.82, 2.24) is 5.32 Å². The Morgan fingerprint density at radius 1 is 1.08 bits per heavy atom. The minimum Gasteiger partial charge on any atom is -0.352 e. The zero-order valence-electron chi connectivity index (χ0n) is 14.8. The van der Waals surface area contributed by atoms with Crippen molar-refractivity contribution in [2.24, 2.45) is 5.92 Å². The molecule has 0 unspecified atom stereocenters. The van der Waals surface area contributed by atoms with Crippen LogP contribution in [-0.4, -0.2) is 18.4 Å². The minimum absolute atomic E-state index is 0.180. The molecule has 0 aromatic heterocycles. The molecule has 2 aromatic carbocycles. The first kappa shape index (κ1) is 20.3. The van der Waals surface area contributed by atoms with Crippen LogP contribution in [0.5, 0.6) is 0 Å². The van der Waals surface area contributed by atoms with Crippen LogP contribution >= 0.6 is 23.2 Å². The molecule has 2 aromatic rings. The highest BCUT2D eigenvalue weighted by atomic mass is 35.5. The Morgan fingerprint density at radius 2 is 1.81 bits per heavy atom. The number of anilines is 1. The molecule has 0 fully saturated rings. The van der Waals surface area contributed by atoms with Gasteiger partial charge in [0.15, 0.2) is 0 Å². The van der Waals surface area contributed by atoms with Gasteiger partial charge in [0, 0.05) is 23.0 Å². The highest BCUT2D eigenvalue weighted by Gasteiger charge is 2.13. The van der Waals surface area contributed by atoms with E-state index < -0.39 is 0 Å². The summed E-state index contributed by atoms with van der Waals surface area (Å²) >= 11 is 12.0. The predicted octanol–water partition coefficient (Wildman–Crippen LogP) is 4.95. The van der Waals surface area contributed by atoms with Crippen LogP contribution in [0, 0.1) is 5.92 Å². The third-order valence-corrected chi connectivity index (χ3v) is 4.34. The topological polar surface area (TPSA) is 58.2 Å². The third kappa shape index (κ3) is 6.04. The number of carbonyl (C=O) groups is 2. The number of aryl methyl sites for hydroxylation is 1. The van der Waals surface area contributed by atoms with Crippen molar-refractivity contribution < 1.29 is 9.59 Å². The smallest absolute Gasteiger partial charge is 0.253 e. The Balaban J connectivity index is 1.99. The molecule has 0 aliphatic heterocycles. The molecule has 6 heteroatoms. The molecule has 0 atom stereocenters. The van der Waals surface area contributed by atoms with Gasteiger partial charge in [0.25, 0.3) is 5.91 Å². The molecule has 0 aliphatic carbocycles. The van der Waals surface area contributed by atoms with Crippen molar-refractivity contribution in [2.45, 2.75) is 26.7 Å². The number of hydrogen-bond acceptors (Lipinski definition) is 2. The van der Waals surface area contributed by atoms with Crippen molar-refractivity contribution in [3.63, 3.8) is 0 Å². The number of amides is 2. The molecule has 0 bridgehead atoms. The number of rotatable bonds is 7. The summed E-state index contributed by atoms with van der Waals surface area (Å²) in [4.78, 5) is 24.6. The van der Waals surface area contributed by atoms with E-state index in [0.717, 1.165) is 5.56 Å².